The van der Waals surface area contributed by atoms with Gasteiger partial charge in [-0.1, -0.05) is 18.2 Å². The summed E-state index contributed by atoms with van der Waals surface area (Å²) in [5.41, 5.74) is 3.50. The van der Waals surface area contributed by atoms with Gasteiger partial charge in [-0.05, 0) is 38.1 Å². The van der Waals surface area contributed by atoms with Crippen LogP contribution in [0.2, 0.25) is 0 Å². The standard InChI is InChI=1S/C24H22N2O5S/c1-13-21(16-7-5-6-8-17(16)25-13)18(27)12-31-24(28)22-14(2)26-23(32-22)15-9-10-19(29-3)20(11-15)30-4/h5-11,25H,12H2,1-4H3. The quantitative estimate of drug-likeness (QED) is 0.316. The van der Waals surface area contributed by atoms with E-state index in [4.69, 9.17) is 14.2 Å². The number of ether oxygens (including phenoxy) is 3. The molecule has 2 heterocycles. The number of nitrogens with one attached hydrogen (secondary N) is 1. The van der Waals surface area contributed by atoms with Crippen molar-refractivity contribution in [2.75, 3.05) is 20.8 Å². The molecule has 164 valence electrons. The van der Waals surface area contributed by atoms with Gasteiger partial charge in [0, 0.05) is 27.7 Å². The second kappa shape index (κ2) is 8.84. The summed E-state index contributed by atoms with van der Waals surface area (Å²) in [5, 5.41) is 1.46. The molecule has 2 aromatic carbocycles. The minimum Gasteiger partial charge on any atom is -0.493 e. The van der Waals surface area contributed by atoms with Crippen LogP contribution in [0, 0.1) is 13.8 Å². The number of esters is 1. The summed E-state index contributed by atoms with van der Waals surface area (Å²) in [5.74, 6) is 0.352. The van der Waals surface area contributed by atoms with Gasteiger partial charge < -0.3 is 19.2 Å². The van der Waals surface area contributed by atoms with Crippen LogP contribution in [0.15, 0.2) is 42.5 Å². The number of thiazole rings is 1. The first-order valence-electron chi connectivity index (χ1n) is 9.90. The number of carbonyl (C=O) groups excluding carboxylic acids is 2. The van der Waals surface area contributed by atoms with Gasteiger partial charge >= 0.3 is 5.97 Å². The number of aromatic nitrogens is 2. The van der Waals surface area contributed by atoms with Crippen LogP contribution in [0.25, 0.3) is 21.5 Å². The first kappa shape index (κ1) is 21.6. The van der Waals surface area contributed by atoms with E-state index in [0.717, 1.165) is 22.2 Å². The Labute approximate surface area is 189 Å². The van der Waals surface area contributed by atoms with Crippen molar-refractivity contribution < 1.29 is 23.8 Å². The maximum absolute atomic E-state index is 12.8. The van der Waals surface area contributed by atoms with Crippen LogP contribution in [0.1, 0.15) is 31.4 Å². The molecule has 8 heteroatoms. The molecule has 2 aromatic heterocycles. The maximum Gasteiger partial charge on any atom is 0.350 e. The van der Waals surface area contributed by atoms with Gasteiger partial charge in [0.25, 0.3) is 0 Å². The molecule has 0 radical (unpaired) electrons. The first-order valence-corrected chi connectivity index (χ1v) is 10.7. The average molecular weight is 451 g/mol. The van der Waals surface area contributed by atoms with E-state index in [1.54, 1.807) is 33.3 Å². The van der Waals surface area contributed by atoms with Crippen molar-refractivity contribution in [3.05, 3.63) is 64.3 Å². The van der Waals surface area contributed by atoms with Crippen molar-refractivity contribution in [3.8, 4) is 22.1 Å². The van der Waals surface area contributed by atoms with Gasteiger partial charge in [-0.15, -0.1) is 11.3 Å². The van der Waals surface area contributed by atoms with Gasteiger partial charge in [-0.2, -0.15) is 0 Å². The SMILES string of the molecule is COc1ccc(-c2nc(C)c(C(=O)OCC(=O)c3c(C)[nH]c4ccccc34)s2)cc1OC. The lowest BCUT2D eigenvalue weighted by Crippen LogP contribution is -2.14. The number of fused-ring (bicyclic) bond motifs is 1. The third kappa shape index (κ3) is 3.97. The Morgan fingerprint density at radius 3 is 2.53 bits per heavy atom. The van der Waals surface area contributed by atoms with Gasteiger partial charge in [0.2, 0.25) is 5.78 Å². The molecule has 0 bridgehead atoms. The third-order valence-corrected chi connectivity index (χ3v) is 6.31. The number of carbonyl (C=O) groups is 2. The summed E-state index contributed by atoms with van der Waals surface area (Å²) in [6.07, 6.45) is 0. The van der Waals surface area contributed by atoms with Crippen molar-refractivity contribution in [2.24, 2.45) is 0 Å². The number of aryl methyl sites for hydroxylation is 2. The fourth-order valence-corrected chi connectivity index (χ4v) is 4.54. The lowest BCUT2D eigenvalue weighted by Gasteiger charge is -2.08. The highest BCUT2D eigenvalue weighted by molar-refractivity contribution is 7.17. The predicted molar refractivity (Wildman–Crippen MR) is 123 cm³/mol. The number of para-hydroxylation sites is 1. The first-order chi connectivity index (χ1) is 15.4. The lowest BCUT2D eigenvalue weighted by atomic mass is 10.1. The highest BCUT2D eigenvalue weighted by atomic mass is 32.1. The van der Waals surface area contributed by atoms with Crippen LogP contribution in [0.4, 0.5) is 0 Å². The minimum absolute atomic E-state index is 0.254. The zero-order valence-electron chi connectivity index (χ0n) is 18.1. The molecule has 0 saturated heterocycles. The number of Topliss-reactive ketones (excluding diaryl/α,β-unsaturated/α-hetero) is 1. The topological polar surface area (TPSA) is 90.5 Å². The molecule has 4 rings (SSSR count). The van der Waals surface area contributed by atoms with Gasteiger partial charge in [0.15, 0.2) is 18.1 Å². The second-order valence-corrected chi connectivity index (χ2v) is 8.17. The molecule has 4 aromatic rings. The molecule has 0 amide bonds. The Bertz CT molecular complexity index is 1320. The Morgan fingerprint density at radius 2 is 1.78 bits per heavy atom. The molecule has 0 unspecified atom stereocenters. The summed E-state index contributed by atoms with van der Waals surface area (Å²) in [4.78, 5) is 33.5. The van der Waals surface area contributed by atoms with E-state index in [1.165, 1.54) is 11.3 Å². The largest absolute Gasteiger partial charge is 0.493 e. The third-order valence-electron chi connectivity index (χ3n) is 5.12. The van der Waals surface area contributed by atoms with Crippen LogP contribution in [-0.2, 0) is 4.74 Å². The van der Waals surface area contributed by atoms with Crippen LogP contribution in [-0.4, -0.2) is 42.5 Å². The summed E-state index contributed by atoms with van der Waals surface area (Å²) in [6, 6.07) is 13.0. The normalized spacial score (nSPS) is 10.9. The molecule has 32 heavy (non-hydrogen) atoms. The van der Waals surface area contributed by atoms with E-state index in [0.29, 0.717) is 32.6 Å². The van der Waals surface area contributed by atoms with Gasteiger partial charge in [0.05, 0.1) is 19.9 Å². The van der Waals surface area contributed by atoms with Crippen molar-refractivity contribution in [1.29, 1.82) is 0 Å². The number of hydrogen-bond donors (Lipinski definition) is 1. The van der Waals surface area contributed by atoms with Crippen molar-refractivity contribution in [3.63, 3.8) is 0 Å². The lowest BCUT2D eigenvalue weighted by molar-refractivity contribution is 0.0479. The average Bonchev–Trinajstić information content (AvgIpc) is 3.35. The molecule has 1 N–H and O–H groups in total. The molecule has 0 aliphatic heterocycles. The van der Waals surface area contributed by atoms with Gasteiger partial charge in [-0.25, -0.2) is 9.78 Å². The van der Waals surface area contributed by atoms with Gasteiger partial charge in [-0.3, -0.25) is 4.79 Å². The number of aromatic amines is 1. The van der Waals surface area contributed by atoms with Crippen LogP contribution in [0.3, 0.4) is 0 Å². The highest BCUT2D eigenvalue weighted by Gasteiger charge is 2.22. The van der Waals surface area contributed by atoms with Crippen LogP contribution >= 0.6 is 11.3 Å². The number of ketones is 1. The van der Waals surface area contributed by atoms with E-state index in [2.05, 4.69) is 9.97 Å². The number of nitrogens with zero attached hydrogens (tertiary/aromatic N) is 1. The molecular formula is C24H22N2O5S. The Balaban J connectivity index is 1.51. The summed E-state index contributed by atoms with van der Waals surface area (Å²) in [7, 11) is 3.13. The molecular weight excluding hydrogens is 428 g/mol. The molecule has 0 atom stereocenters. The van der Waals surface area contributed by atoms with E-state index >= 15 is 0 Å². The number of hydrogen-bond acceptors (Lipinski definition) is 7. The zero-order chi connectivity index (χ0) is 22.8. The van der Waals surface area contributed by atoms with Gasteiger partial charge in [0.1, 0.15) is 9.88 Å². The van der Waals surface area contributed by atoms with Crippen LogP contribution in [0.5, 0.6) is 11.5 Å². The molecule has 0 aliphatic carbocycles. The Hall–Kier alpha value is -3.65. The van der Waals surface area contributed by atoms with Crippen molar-refractivity contribution in [1.82, 2.24) is 9.97 Å². The number of methoxy groups -OCH3 is 2. The monoisotopic (exact) mass is 450 g/mol. The number of benzene rings is 2. The fraction of sp³-hybridized carbons (Fsp3) is 0.208. The Kier molecular flexibility index (Phi) is 5.96. The minimum atomic E-state index is -0.572. The van der Waals surface area contributed by atoms with Crippen molar-refractivity contribution >= 4 is 34.0 Å². The van der Waals surface area contributed by atoms with E-state index in [1.807, 2.05) is 37.3 Å². The molecule has 0 aliphatic rings. The summed E-state index contributed by atoms with van der Waals surface area (Å²) >= 11 is 1.21. The maximum atomic E-state index is 12.8. The predicted octanol–water partition coefficient (Wildman–Crippen LogP) is 4.97. The zero-order valence-corrected chi connectivity index (χ0v) is 19.0. The number of H-pyrrole nitrogens is 1. The Morgan fingerprint density at radius 1 is 1.03 bits per heavy atom. The van der Waals surface area contributed by atoms with Crippen LogP contribution < -0.4 is 9.47 Å². The van der Waals surface area contributed by atoms with E-state index < -0.39 is 5.97 Å². The summed E-state index contributed by atoms with van der Waals surface area (Å²) < 4.78 is 16.0. The van der Waals surface area contributed by atoms with Crippen molar-refractivity contribution in [2.45, 2.75) is 13.8 Å². The van der Waals surface area contributed by atoms with E-state index in [9.17, 15) is 9.59 Å². The summed E-state index contributed by atoms with van der Waals surface area (Å²) in [6.45, 7) is 3.23. The number of rotatable bonds is 7. The second-order valence-electron chi connectivity index (χ2n) is 7.17. The smallest absolute Gasteiger partial charge is 0.350 e. The molecule has 7 nitrogen and oxygen atoms in total. The molecule has 0 spiro atoms. The van der Waals surface area contributed by atoms with E-state index in [-0.39, 0.29) is 12.4 Å². The molecule has 0 fully saturated rings. The molecule has 0 saturated carbocycles. The fourth-order valence-electron chi connectivity index (χ4n) is 3.58. The highest BCUT2D eigenvalue weighted by Crippen LogP contribution is 2.35.